The van der Waals surface area contributed by atoms with Crippen molar-refractivity contribution < 1.29 is 27.6 Å². The highest BCUT2D eigenvalue weighted by Crippen LogP contribution is 2.32. The number of hydrogen-bond donors (Lipinski definition) is 2. The summed E-state index contributed by atoms with van der Waals surface area (Å²) >= 11 is 0. The van der Waals surface area contributed by atoms with Gasteiger partial charge in [-0.3, -0.25) is 4.98 Å². The fourth-order valence-electron chi connectivity index (χ4n) is 1.62. The smallest absolute Gasteiger partial charge is 0.423 e. The standard InChI is InChI=1S/C12H8BF4NO2/c14-10-5-7(12(15,16)17)1-3-9(10)11-4-2-8(6-18-11)13(19)20/h1-6,19-20H. The molecule has 1 aromatic carbocycles. The van der Waals surface area contributed by atoms with Crippen LogP contribution in [0, 0.1) is 5.82 Å². The fourth-order valence-corrected chi connectivity index (χ4v) is 1.62. The molecule has 0 atom stereocenters. The molecule has 0 aliphatic carbocycles. The van der Waals surface area contributed by atoms with Crippen LogP contribution in [0.5, 0.6) is 0 Å². The van der Waals surface area contributed by atoms with Crippen molar-refractivity contribution in [2.75, 3.05) is 0 Å². The van der Waals surface area contributed by atoms with Gasteiger partial charge in [-0.1, -0.05) is 6.07 Å². The van der Waals surface area contributed by atoms with Gasteiger partial charge in [0, 0.05) is 17.2 Å². The lowest BCUT2D eigenvalue weighted by Gasteiger charge is -2.09. The number of rotatable bonds is 2. The second-order valence-corrected chi connectivity index (χ2v) is 4.04. The lowest BCUT2D eigenvalue weighted by molar-refractivity contribution is -0.137. The van der Waals surface area contributed by atoms with E-state index in [1.165, 1.54) is 12.1 Å². The minimum atomic E-state index is -4.61. The van der Waals surface area contributed by atoms with Crippen LogP contribution in [0.3, 0.4) is 0 Å². The topological polar surface area (TPSA) is 53.4 Å². The molecule has 0 spiro atoms. The molecule has 0 unspecified atom stereocenters. The Morgan fingerprint density at radius 1 is 1.05 bits per heavy atom. The monoisotopic (exact) mass is 285 g/mol. The van der Waals surface area contributed by atoms with E-state index >= 15 is 0 Å². The van der Waals surface area contributed by atoms with Crippen LogP contribution in [0.2, 0.25) is 0 Å². The van der Waals surface area contributed by atoms with E-state index in [1.54, 1.807) is 0 Å². The zero-order valence-electron chi connectivity index (χ0n) is 9.89. The van der Waals surface area contributed by atoms with E-state index < -0.39 is 24.7 Å². The summed E-state index contributed by atoms with van der Waals surface area (Å²) in [6.07, 6.45) is -3.51. The largest absolute Gasteiger partial charge is 0.490 e. The lowest BCUT2D eigenvalue weighted by Crippen LogP contribution is -2.29. The maximum Gasteiger partial charge on any atom is 0.490 e. The number of pyridine rings is 1. The molecule has 1 aromatic heterocycles. The van der Waals surface area contributed by atoms with Crippen LogP contribution >= 0.6 is 0 Å². The Morgan fingerprint density at radius 3 is 2.20 bits per heavy atom. The number of halogens is 4. The van der Waals surface area contributed by atoms with Gasteiger partial charge in [-0.05, 0) is 24.3 Å². The van der Waals surface area contributed by atoms with E-state index in [4.69, 9.17) is 10.0 Å². The van der Waals surface area contributed by atoms with Gasteiger partial charge in [-0.15, -0.1) is 0 Å². The molecule has 0 aliphatic rings. The van der Waals surface area contributed by atoms with Crippen molar-refractivity contribution in [3.63, 3.8) is 0 Å². The Morgan fingerprint density at radius 2 is 1.75 bits per heavy atom. The van der Waals surface area contributed by atoms with Crippen molar-refractivity contribution in [3.8, 4) is 11.3 Å². The Labute approximate surface area is 111 Å². The summed E-state index contributed by atoms with van der Waals surface area (Å²) in [7, 11) is -1.71. The van der Waals surface area contributed by atoms with Gasteiger partial charge in [0.2, 0.25) is 0 Å². The number of alkyl halides is 3. The van der Waals surface area contributed by atoms with Crippen molar-refractivity contribution in [2.24, 2.45) is 0 Å². The molecule has 0 aliphatic heterocycles. The number of hydrogen-bond acceptors (Lipinski definition) is 3. The Bertz CT molecular complexity index is 614. The summed E-state index contributed by atoms with van der Waals surface area (Å²) in [4.78, 5) is 3.78. The zero-order valence-corrected chi connectivity index (χ0v) is 9.89. The molecule has 1 heterocycles. The van der Waals surface area contributed by atoms with E-state index in [0.717, 1.165) is 18.3 Å². The first kappa shape index (κ1) is 14.5. The number of aromatic nitrogens is 1. The Balaban J connectivity index is 2.38. The fraction of sp³-hybridized carbons (Fsp3) is 0.0833. The van der Waals surface area contributed by atoms with E-state index in [2.05, 4.69) is 4.98 Å². The maximum atomic E-state index is 13.7. The third kappa shape index (κ3) is 2.97. The van der Waals surface area contributed by atoms with Crippen LogP contribution in [-0.4, -0.2) is 22.2 Å². The van der Waals surface area contributed by atoms with Crippen molar-refractivity contribution in [1.29, 1.82) is 0 Å². The highest BCUT2D eigenvalue weighted by atomic mass is 19.4. The van der Waals surface area contributed by atoms with Crippen LogP contribution < -0.4 is 5.46 Å². The molecule has 20 heavy (non-hydrogen) atoms. The van der Waals surface area contributed by atoms with E-state index in [0.29, 0.717) is 6.07 Å². The summed E-state index contributed by atoms with van der Waals surface area (Å²) in [6, 6.07) is 4.72. The molecule has 0 fully saturated rings. The third-order valence-corrected chi connectivity index (χ3v) is 2.66. The van der Waals surface area contributed by atoms with Crippen LogP contribution in [0.1, 0.15) is 5.56 Å². The highest BCUT2D eigenvalue weighted by Gasteiger charge is 2.31. The second kappa shape index (κ2) is 5.22. The van der Waals surface area contributed by atoms with E-state index in [9.17, 15) is 17.6 Å². The molecule has 0 amide bonds. The van der Waals surface area contributed by atoms with Crippen molar-refractivity contribution in [3.05, 3.63) is 47.9 Å². The summed E-state index contributed by atoms with van der Waals surface area (Å²) in [5.74, 6) is -1.05. The number of benzene rings is 1. The highest BCUT2D eigenvalue weighted by molar-refractivity contribution is 6.58. The van der Waals surface area contributed by atoms with Crippen LogP contribution in [0.15, 0.2) is 36.5 Å². The van der Waals surface area contributed by atoms with Gasteiger partial charge in [0.25, 0.3) is 0 Å². The zero-order chi connectivity index (χ0) is 14.9. The van der Waals surface area contributed by atoms with Crippen LogP contribution in [0.4, 0.5) is 17.6 Å². The molecule has 0 radical (unpaired) electrons. The average Bonchev–Trinajstić information content (AvgIpc) is 2.37. The third-order valence-electron chi connectivity index (χ3n) is 2.66. The summed E-state index contributed by atoms with van der Waals surface area (Å²) in [5.41, 5.74) is -0.986. The SMILES string of the molecule is OB(O)c1ccc(-c2ccc(C(F)(F)F)cc2F)nc1. The van der Waals surface area contributed by atoms with Gasteiger partial charge in [0.1, 0.15) is 5.82 Å². The van der Waals surface area contributed by atoms with Crippen LogP contribution in [-0.2, 0) is 6.18 Å². The van der Waals surface area contributed by atoms with E-state index in [-0.39, 0.29) is 16.7 Å². The Hall–Kier alpha value is -1.93. The first-order valence-corrected chi connectivity index (χ1v) is 5.48. The molecule has 0 saturated carbocycles. The summed E-state index contributed by atoms with van der Waals surface area (Å²) in [5, 5.41) is 17.8. The van der Waals surface area contributed by atoms with Gasteiger partial charge in [0.05, 0.1) is 11.3 Å². The van der Waals surface area contributed by atoms with E-state index in [1.807, 2.05) is 0 Å². The van der Waals surface area contributed by atoms with Crippen molar-refractivity contribution in [2.45, 2.75) is 6.18 Å². The minimum absolute atomic E-state index is 0.0978. The van der Waals surface area contributed by atoms with Gasteiger partial charge < -0.3 is 10.0 Å². The van der Waals surface area contributed by atoms with Gasteiger partial charge >= 0.3 is 13.3 Å². The lowest BCUT2D eigenvalue weighted by atomic mass is 9.81. The quantitative estimate of drug-likeness (QED) is 0.650. The molecule has 2 N–H and O–H groups in total. The second-order valence-electron chi connectivity index (χ2n) is 4.04. The predicted molar refractivity (Wildman–Crippen MR) is 64.5 cm³/mol. The van der Waals surface area contributed by atoms with Crippen molar-refractivity contribution in [1.82, 2.24) is 4.98 Å². The molecule has 0 bridgehead atoms. The Kier molecular flexibility index (Phi) is 3.78. The minimum Gasteiger partial charge on any atom is -0.423 e. The molecular formula is C12H8BF4NO2. The van der Waals surface area contributed by atoms with Gasteiger partial charge in [0.15, 0.2) is 0 Å². The number of nitrogens with zero attached hydrogens (tertiary/aromatic N) is 1. The first-order chi connectivity index (χ1) is 9.29. The van der Waals surface area contributed by atoms with Crippen molar-refractivity contribution >= 4 is 12.6 Å². The molecule has 2 aromatic rings. The summed E-state index contributed by atoms with van der Waals surface area (Å²) in [6.45, 7) is 0. The first-order valence-electron chi connectivity index (χ1n) is 5.48. The van der Waals surface area contributed by atoms with Crippen LogP contribution in [0.25, 0.3) is 11.3 Å². The normalized spacial score (nSPS) is 11.5. The molecule has 2 rings (SSSR count). The average molecular weight is 285 g/mol. The molecule has 3 nitrogen and oxygen atoms in total. The molecule has 8 heteroatoms. The molecule has 104 valence electrons. The summed E-state index contributed by atoms with van der Waals surface area (Å²) < 4.78 is 50.9. The maximum absolute atomic E-state index is 13.7. The predicted octanol–water partition coefficient (Wildman–Crippen LogP) is 1.59. The molecule has 0 saturated heterocycles. The van der Waals surface area contributed by atoms with Gasteiger partial charge in [-0.2, -0.15) is 13.2 Å². The molecular weight excluding hydrogens is 277 g/mol. The van der Waals surface area contributed by atoms with Gasteiger partial charge in [-0.25, -0.2) is 4.39 Å².